The molecule has 0 spiro atoms. The third-order valence-electron chi connectivity index (χ3n) is 15.4. The van der Waals surface area contributed by atoms with Crippen molar-refractivity contribution in [3.05, 3.63) is 189 Å². The second-order valence-corrected chi connectivity index (χ2v) is 21.1. The lowest BCUT2D eigenvalue weighted by molar-refractivity contribution is -0.117. The maximum Gasteiger partial charge on any atom is 0.160 e. The highest BCUT2D eigenvalue weighted by molar-refractivity contribution is 7.10. The fourth-order valence-electron chi connectivity index (χ4n) is 12.7. The zero-order chi connectivity index (χ0) is 45.5. The Labute approximate surface area is 401 Å². The van der Waals surface area contributed by atoms with E-state index in [0.717, 1.165) is 93.8 Å². The number of Topliss-reactive ketones (excluding diaryl/α,β-unsaturated/α-hetero) is 3. The molecule has 6 nitrogen and oxygen atoms in total. The molecule has 0 radical (unpaired) electrons. The van der Waals surface area contributed by atoms with Crippen molar-refractivity contribution in [1.29, 1.82) is 0 Å². The summed E-state index contributed by atoms with van der Waals surface area (Å²) in [5.74, 6) is 1.06. The maximum atomic E-state index is 12.8. The number of nitrogens with zero attached hydrogens (tertiary/aromatic N) is 3. The lowest BCUT2D eigenvalue weighted by atomic mass is 9.62. The van der Waals surface area contributed by atoms with Gasteiger partial charge in [-0.1, -0.05) is 128 Å². The van der Waals surface area contributed by atoms with Crippen LogP contribution in [0, 0.1) is 0 Å². The van der Waals surface area contributed by atoms with Crippen LogP contribution in [0.2, 0.25) is 0 Å². The summed E-state index contributed by atoms with van der Waals surface area (Å²) in [4.78, 5) is 56.2. The van der Waals surface area contributed by atoms with Crippen LogP contribution in [0.25, 0.3) is 0 Å². The lowest BCUT2D eigenvalue weighted by Crippen LogP contribution is -2.39. The molecule has 12 rings (SSSR count). The molecule has 0 aliphatic heterocycles. The molecule has 9 heteroatoms. The average Bonchev–Trinajstić information content (AvgIpc) is 4.16. The number of carbonyl (C=O) groups is 3. The standard InChI is InChI=1S/3C19H19NOS/c3*1-2-19(14-8-4-3-5-9-14)17-13(7-6-10-16(17)21)11-15-18(19)22-12-20-15/h3*3-5,8-9,12H,2,6-7,10-11H2,1H3/t2*19-;/m10./s1. The van der Waals surface area contributed by atoms with E-state index in [1.807, 2.05) is 34.7 Å². The van der Waals surface area contributed by atoms with Crippen molar-refractivity contribution in [2.45, 2.75) is 133 Å². The quantitative estimate of drug-likeness (QED) is 0.165. The molecular formula is C57H57N3O3S3. The maximum absolute atomic E-state index is 12.8. The number of hydrogen-bond acceptors (Lipinski definition) is 9. The van der Waals surface area contributed by atoms with E-state index in [1.54, 1.807) is 34.0 Å². The number of benzene rings is 3. The lowest BCUT2D eigenvalue weighted by Gasteiger charge is -2.41. The first-order valence-corrected chi connectivity index (χ1v) is 26.7. The number of rotatable bonds is 6. The van der Waals surface area contributed by atoms with Gasteiger partial charge in [0.25, 0.3) is 0 Å². The molecule has 0 fully saturated rings. The van der Waals surface area contributed by atoms with Gasteiger partial charge in [-0.15, -0.1) is 34.0 Å². The van der Waals surface area contributed by atoms with Crippen molar-refractivity contribution in [3.63, 3.8) is 0 Å². The number of aromatic nitrogens is 3. The van der Waals surface area contributed by atoms with Crippen LogP contribution in [0.4, 0.5) is 0 Å². The molecule has 3 aromatic carbocycles. The zero-order valence-corrected chi connectivity index (χ0v) is 40.7. The van der Waals surface area contributed by atoms with Gasteiger partial charge >= 0.3 is 0 Å². The van der Waals surface area contributed by atoms with Crippen LogP contribution in [0.15, 0.2) is 141 Å². The minimum absolute atomic E-state index is 0.275. The van der Waals surface area contributed by atoms with Crippen molar-refractivity contribution in [3.8, 4) is 0 Å². The summed E-state index contributed by atoms with van der Waals surface area (Å²) >= 11 is 5.14. The van der Waals surface area contributed by atoms with Crippen LogP contribution in [0.3, 0.4) is 0 Å². The summed E-state index contributed by atoms with van der Waals surface area (Å²) in [6.07, 6.45) is 13.6. The van der Waals surface area contributed by atoms with Gasteiger partial charge in [0.05, 0.1) is 49.9 Å². The third-order valence-corrected chi connectivity index (χ3v) is 18.5. The summed E-state index contributed by atoms with van der Waals surface area (Å²) in [7, 11) is 0. The molecule has 0 amide bonds. The van der Waals surface area contributed by atoms with E-state index in [0.29, 0.717) is 36.6 Å². The van der Waals surface area contributed by atoms with E-state index in [4.69, 9.17) is 0 Å². The average molecular weight is 928 g/mol. The normalized spacial score (nSPS) is 24.1. The molecular weight excluding hydrogens is 871 g/mol. The summed E-state index contributed by atoms with van der Waals surface area (Å²) in [5.41, 5.74) is 19.6. The van der Waals surface area contributed by atoms with Crippen molar-refractivity contribution in [1.82, 2.24) is 15.0 Å². The molecule has 1 unspecified atom stereocenters. The van der Waals surface area contributed by atoms with Gasteiger partial charge in [0.15, 0.2) is 17.3 Å². The molecule has 3 atom stereocenters. The first-order chi connectivity index (χ1) is 32.3. The molecule has 6 aliphatic carbocycles. The van der Waals surface area contributed by atoms with Crippen LogP contribution in [-0.2, 0) is 49.9 Å². The van der Waals surface area contributed by atoms with Gasteiger partial charge in [0.1, 0.15) is 0 Å². The number of fused-ring (bicyclic) bond motifs is 3. The Morgan fingerprint density at radius 1 is 0.409 bits per heavy atom. The predicted octanol–water partition coefficient (Wildman–Crippen LogP) is 13.3. The van der Waals surface area contributed by atoms with E-state index in [2.05, 4.69) is 109 Å². The Morgan fingerprint density at radius 2 is 0.682 bits per heavy atom. The SMILES string of the molecule is CCC1(c2ccccc2)C2=C(CCCC2=O)Cc2ncsc21.CC[C@@]1(c2ccccc2)C2=C(CCCC2=O)Cc2ncsc21.CC[C@]1(c2ccccc2)C2=C(CCCC2=O)Cc2ncsc21. The van der Waals surface area contributed by atoms with Crippen molar-refractivity contribution in [2.24, 2.45) is 0 Å². The summed E-state index contributed by atoms with van der Waals surface area (Å²) in [6.45, 7) is 6.61. The van der Waals surface area contributed by atoms with E-state index < -0.39 is 0 Å². The third kappa shape index (κ3) is 7.14. The molecule has 336 valence electrons. The van der Waals surface area contributed by atoms with Gasteiger partial charge < -0.3 is 0 Å². The van der Waals surface area contributed by atoms with Crippen molar-refractivity contribution in [2.75, 3.05) is 0 Å². The smallest absolute Gasteiger partial charge is 0.160 e. The van der Waals surface area contributed by atoms with Gasteiger partial charge in [-0.05, 0) is 74.5 Å². The molecule has 3 heterocycles. The second-order valence-electron chi connectivity index (χ2n) is 18.6. The number of carbonyl (C=O) groups excluding carboxylic acids is 3. The highest BCUT2D eigenvalue weighted by atomic mass is 32.1. The molecule has 6 aliphatic rings. The van der Waals surface area contributed by atoms with Crippen LogP contribution in [-0.4, -0.2) is 32.3 Å². The topological polar surface area (TPSA) is 89.9 Å². The van der Waals surface area contributed by atoms with Gasteiger partial charge in [-0.25, -0.2) is 15.0 Å². The van der Waals surface area contributed by atoms with Crippen LogP contribution >= 0.6 is 34.0 Å². The van der Waals surface area contributed by atoms with Gasteiger partial charge in [-0.3, -0.25) is 14.4 Å². The highest BCUT2D eigenvalue weighted by Gasteiger charge is 2.50. The van der Waals surface area contributed by atoms with Crippen molar-refractivity contribution >= 4 is 51.4 Å². The van der Waals surface area contributed by atoms with E-state index >= 15 is 0 Å². The van der Waals surface area contributed by atoms with Gasteiger partial charge in [0, 0.05) is 69.9 Å². The first-order valence-electron chi connectivity index (χ1n) is 24.0. The number of thiazole rings is 3. The Kier molecular flexibility index (Phi) is 12.5. The second kappa shape index (κ2) is 18.5. The minimum Gasteiger partial charge on any atom is -0.295 e. The Balaban J connectivity index is 0.000000116. The zero-order valence-electron chi connectivity index (χ0n) is 38.3. The Morgan fingerprint density at radius 3 is 0.939 bits per heavy atom. The first kappa shape index (κ1) is 44.6. The summed E-state index contributed by atoms with van der Waals surface area (Å²) in [5, 5.41) is 0. The number of hydrogen-bond donors (Lipinski definition) is 0. The monoisotopic (exact) mass is 927 g/mol. The fourth-order valence-corrected chi connectivity index (χ4v) is 16.0. The molecule has 0 N–H and O–H groups in total. The van der Waals surface area contributed by atoms with E-state index in [9.17, 15) is 14.4 Å². The summed E-state index contributed by atoms with van der Waals surface area (Å²) < 4.78 is 0. The van der Waals surface area contributed by atoms with Gasteiger partial charge in [0.2, 0.25) is 0 Å². The Bertz CT molecular complexity index is 2590. The molecule has 66 heavy (non-hydrogen) atoms. The number of ketones is 3. The largest absolute Gasteiger partial charge is 0.295 e. The van der Waals surface area contributed by atoms with Crippen LogP contribution in [0.1, 0.15) is 146 Å². The van der Waals surface area contributed by atoms with Crippen LogP contribution in [0.5, 0.6) is 0 Å². The number of allylic oxidation sites excluding steroid dienone is 6. The minimum atomic E-state index is -0.275. The molecule has 6 aromatic rings. The van der Waals surface area contributed by atoms with E-state index in [-0.39, 0.29) is 16.2 Å². The Hall–Kier alpha value is -5.22. The van der Waals surface area contributed by atoms with Crippen molar-refractivity contribution < 1.29 is 14.4 Å². The molecule has 0 saturated heterocycles. The predicted molar refractivity (Wildman–Crippen MR) is 268 cm³/mol. The molecule has 0 saturated carbocycles. The molecule has 3 aromatic heterocycles. The molecule has 0 bridgehead atoms. The van der Waals surface area contributed by atoms with E-state index in [1.165, 1.54) is 65.1 Å². The van der Waals surface area contributed by atoms with Crippen LogP contribution < -0.4 is 0 Å². The van der Waals surface area contributed by atoms with Gasteiger partial charge in [-0.2, -0.15) is 0 Å². The fraction of sp³-hybridized carbons (Fsp3) is 0.368. The highest BCUT2D eigenvalue weighted by Crippen LogP contribution is 2.55. The summed E-state index contributed by atoms with van der Waals surface area (Å²) in [6, 6.07) is 31.6.